The minimum Gasteiger partial charge on any atom is -0.433 e. The van der Waals surface area contributed by atoms with Crippen LogP contribution in [0.15, 0.2) is 29.4 Å². The van der Waals surface area contributed by atoms with Crippen LogP contribution < -0.4 is 10.1 Å². The number of thioether (sulfide) groups is 1. The third-order valence-electron chi connectivity index (χ3n) is 2.59. The van der Waals surface area contributed by atoms with Crippen LogP contribution in [-0.4, -0.2) is 32.9 Å². The number of halogens is 2. The first-order chi connectivity index (χ1) is 10.5. The van der Waals surface area contributed by atoms with E-state index in [1.165, 1.54) is 12.1 Å². The van der Waals surface area contributed by atoms with Gasteiger partial charge in [-0.3, -0.25) is 9.89 Å². The predicted molar refractivity (Wildman–Crippen MR) is 78.1 cm³/mol. The molecule has 0 aliphatic heterocycles. The number of H-pyrrole nitrogens is 1. The van der Waals surface area contributed by atoms with Crippen molar-refractivity contribution in [2.75, 3.05) is 5.32 Å². The van der Waals surface area contributed by atoms with Gasteiger partial charge in [-0.15, -0.1) is 5.10 Å². The number of benzene rings is 1. The van der Waals surface area contributed by atoms with Crippen LogP contribution in [0.3, 0.4) is 0 Å². The fraction of sp³-hybridized carbons (Fsp3) is 0.308. The fourth-order valence-corrected chi connectivity index (χ4v) is 2.36. The summed E-state index contributed by atoms with van der Waals surface area (Å²) in [6, 6.07) is 6.01. The third kappa shape index (κ3) is 4.42. The molecule has 1 aromatic heterocycles. The molecule has 1 atom stereocenters. The number of aromatic amines is 1. The van der Waals surface area contributed by atoms with Crippen LogP contribution in [0.25, 0.3) is 0 Å². The lowest BCUT2D eigenvalue weighted by molar-refractivity contribution is -0.115. The summed E-state index contributed by atoms with van der Waals surface area (Å²) in [5.41, 5.74) is 0.186. The summed E-state index contributed by atoms with van der Waals surface area (Å²) in [6.07, 6.45) is 0. The maximum atomic E-state index is 12.3. The van der Waals surface area contributed by atoms with Crippen molar-refractivity contribution in [3.05, 3.63) is 30.1 Å². The summed E-state index contributed by atoms with van der Waals surface area (Å²) < 4.78 is 29.0. The number of nitrogens with one attached hydrogen (secondary N) is 2. The van der Waals surface area contributed by atoms with Crippen molar-refractivity contribution in [2.45, 2.75) is 30.9 Å². The topological polar surface area (TPSA) is 79.9 Å². The molecule has 2 N–H and O–H groups in total. The van der Waals surface area contributed by atoms with Gasteiger partial charge in [0.1, 0.15) is 11.6 Å². The van der Waals surface area contributed by atoms with Crippen LogP contribution in [-0.2, 0) is 4.79 Å². The second kappa shape index (κ2) is 7.21. The average molecular weight is 328 g/mol. The molecule has 1 unspecified atom stereocenters. The average Bonchev–Trinajstić information content (AvgIpc) is 2.85. The van der Waals surface area contributed by atoms with E-state index in [0.29, 0.717) is 11.0 Å². The maximum absolute atomic E-state index is 12.3. The van der Waals surface area contributed by atoms with Crippen molar-refractivity contribution in [3.8, 4) is 5.75 Å². The number of hydrogen-bond acceptors (Lipinski definition) is 5. The number of anilines is 1. The van der Waals surface area contributed by atoms with E-state index in [4.69, 9.17) is 0 Å². The van der Waals surface area contributed by atoms with Gasteiger partial charge in [0.05, 0.1) is 10.9 Å². The van der Waals surface area contributed by atoms with E-state index in [2.05, 4.69) is 25.2 Å². The molecule has 1 aromatic carbocycles. The normalized spacial score (nSPS) is 12.2. The summed E-state index contributed by atoms with van der Waals surface area (Å²) >= 11 is 1.16. The number of amides is 1. The molecule has 118 valence electrons. The molecule has 0 saturated heterocycles. The molecule has 2 aromatic rings. The largest absolute Gasteiger partial charge is 0.433 e. The van der Waals surface area contributed by atoms with Gasteiger partial charge in [-0.25, -0.2) is 4.98 Å². The Morgan fingerprint density at radius 1 is 1.41 bits per heavy atom. The summed E-state index contributed by atoms with van der Waals surface area (Å²) in [7, 11) is 0. The molecule has 6 nitrogen and oxygen atoms in total. The van der Waals surface area contributed by atoms with Gasteiger partial charge in [-0.05, 0) is 26.0 Å². The van der Waals surface area contributed by atoms with Crippen LogP contribution in [0.2, 0.25) is 0 Å². The van der Waals surface area contributed by atoms with Crippen LogP contribution in [0.5, 0.6) is 5.75 Å². The molecule has 0 aliphatic carbocycles. The number of para-hydroxylation sites is 2. The van der Waals surface area contributed by atoms with Crippen LogP contribution in [0.1, 0.15) is 12.7 Å². The Hall–Kier alpha value is -2.16. The predicted octanol–water partition coefficient (Wildman–Crippen LogP) is 2.83. The lowest BCUT2D eigenvalue weighted by Gasteiger charge is -2.13. The Morgan fingerprint density at radius 3 is 2.77 bits per heavy atom. The van der Waals surface area contributed by atoms with E-state index >= 15 is 0 Å². The number of hydrogen-bond donors (Lipinski definition) is 2. The molecule has 0 spiro atoms. The van der Waals surface area contributed by atoms with Crippen molar-refractivity contribution >= 4 is 23.4 Å². The number of alkyl halides is 2. The van der Waals surface area contributed by atoms with E-state index in [1.807, 2.05) is 0 Å². The highest BCUT2D eigenvalue weighted by molar-refractivity contribution is 8.00. The summed E-state index contributed by atoms with van der Waals surface area (Å²) in [4.78, 5) is 16.2. The smallest absolute Gasteiger partial charge is 0.387 e. The second-order valence-corrected chi connectivity index (χ2v) is 5.64. The first kappa shape index (κ1) is 16.2. The zero-order valence-electron chi connectivity index (χ0n) is 11.8. The number of carbonyl (C=O) groups excluding carboxylic acids is 1. The first-order valence-electron chi connectivity index (χ1n) is 6.36. The number of carbonyl (C=O) groups is 1. The molecule has 9 heteroatoms. The highest BCUT2D eigenvalue weighted by Gasteiger charge is 2.19. The van der Waals surface area contributed by atoms with Gasteiger partial charge in [0, 0.05) is 0 Å². The van der Waals surface area contributed by atoms with Gasteiger partial charge < -0.3 is 10.1 Å². The summed E-state index contributed by atoms with van der Waals surface area (Å²) in [5.74, 6) is 0.195. The van der Waals surface area contributed by atoms with E-state index in [1.54, 1.807) is 26.0 Å². The number of aromatic nitrogens is 3. The van der Waals surface area contributed by atoms with E-state index in [9.17, 15) is 13.6 Å². The number of ether oxygens (including phenoxy) is 1. The molecular formula is C13H14F2N4O2S. The Morgan fingerprint density at radius 2 is 2.14 bits per heavy atom. The second-order valence-electron chi connectivity index (χ2n) is 4.33. The van der Waals surface area contributed by atoms with Crippen LogP contribution in [0, 0.1) is 6.92 Å². The lowest BCUT2D eigenvalue weighted by Crippen LogP contribution is -2.23. The Bertz CT molecular complexity index is 650. The molecule has 0 saturated carbocycles. The van der Waals surface area contributed by atoms with Crippen molar-refractivity contribution in [1.29, 1.82) is 0 Å². The number of nitrogens with zero attached hydrogens (tertiary/aromatic N) is 2. The van der Waals surface area contributed by atoms with Crippen molar-refractivity contribution in [2.24, 2.45) is 0 Å². The minimum absolute atomic E-state index is 0.0863. The monoisotopic (exact) mass is 328 g/mol. The molecule has 1 amide bonds. The maximum Gasteiger partial charge on any atom is 0.387 e. The molecule has 0 bridgehead atoms. The lowest BCUT2D eigenvalue weighted by atomic mass is 10.3. The SMILES string of the molecule is Cc1nc(SC(C)C(=O)Nc2ccccc2OC(F)F)n[nH]1. The molecule has 0 aliphatic rings. The van der Waals surface area contributed by atoms with Crippen molar-refractivity contribution in [1.82, 2.24) is 15.2 Å². The Kier molecular flexibility index (Phi) is 5.31. The quantitative estimate of drug-likeness (QED) is 0.797. The molecule has 0 radical (unpaired) electrons. The van der Waals surface area contributed by atoms with Crippen LogP contribution in [0.4, 0.5) is 14.5 Å². The van der Waals surface area contributed by atoms with E-state index < -0.39 is 11.9 Å². The van der Waals surface area contributed by atoms with Gasteiger partial charge in [-0.1, -0.05) is 23.9 Å². The van der Waals surface area contributed by atoms with Gasteiger partial charge in [0.25, 0.3) is 0 Å². The molecule has 0 fully saturated rings. The first-order valence-corrected chi connectivity index (χ1v) is 7.24. The van der Waals surface area contributed by atoms with Gasteiger partial charge in [0.2, 0.25) is 11.1 Å². The number of aryl methyl sites for hydroxylation is 1. The highest BCUT2D eigenvalue weighted by Crippen LogP contribution is 2.27. The number of rotatable bonds is 6. The van der Waals surface area contributed by atoms with Crippen molar-refractivity contribution in [3.63, 3.8) is 0 Å². The Balaban J connectivity index is 2.02. The molecule has 22 heavy (non-hydrogen) atoms. The molecule has 1 heterocycles. The highest BCUT2D eigenvalue weighted by atomic mass is 32.2. The zero-order valence-corrected chi connectivity index (χ0v) is 12.7. The van der Waals surface area contributed by atoms with E-state index in [0.717, 1.165) is 11.8 Å². The minimum atomic E-state index is -2.96. The third-order valence-corrected chi connectivity index (χ3v) is 3.55. The van der Waals surface area contributed by atoms with Gasteiger partial charge in [-0.2, -0.15) is 8.78 Å². The molecular weight excluding hydrogens is 314 g/mol. The summed E-state index contributed by atoms with van der Waals surface area (Å²) in [5, 5.41) is 9.10. The summed E-state index contributed by atoms with van der Waals surface area (Å²) in [6.45, 7) is 0.461. The molecule has 2 rings (SSSR count). The van der Waals surface area contributed by atoms with Crippen molar-refractivity contribution < 1.29 is 18.3 Å². The fourth-order valence-electron chi connectivity index (χ4n) is 1.59. The van der Waals surface area contributed by atoms with Crippen LogP contribution >= 0.6 is 11.8 Å². The van der Waals surface area contributed by atoms with Gasteiger partial charge >= 0.3 is 6.61 Å². The van der Waals surface area contributed by atoms with Gasteiger partial charge in [0.15, 0.2) is 0 Å². The standard InChI is InChI=1S/C13H14F2N4O2S/c1-7(22-13-16-8(2)18-19-13)11(20)17-9-5-3-4-6-10(9)21-12(14)15/h3-7,12H,1-2H3,(H,17,20)(H,16,18,19). The van der Waals surface area contributed by atoms with E-state index in [-0.39, 0.29) is 17.3 Å². The zero-order chi connectivity index (χ0) is 16.1. The Labute approximate surface area is 129 Å².